The van der Waals surface area contributed by atoms with Crippen LogP contribution in [0.4, 0.5) is 0 Å². The number of amides is 2. The largest absolute Gasteiger partial charge is 0.352 e. The Morgan fingerprint density at radius 1 is 0.897 bits per heavy atom. The molecule has 1 N–H and O–H groups in total. The van der Waals surface area contributed by atoms with Crippen LogP contribution in [-0.2, 0) is 4.79 Å². The zero-order valence-electron chi connectivity index (χ0n) is 16.8. The van der Waals surface area contributed by atoms with E-state index >= 15 is 0 Å². The molecule has 2 heterocycles. The fraction of sp³-hybridized carbons (Fsp3) is 0.500. The van der Waals surface area contributed by atoms with Crippen molar-refractivity contribution < 1.29 is 9.59 Å². The van der Waals surface area contributed by atoms with Crippen LogP contribution >= 0.6 is 0 Å². The van der Waals surface area contributed by atoms with Gasteiger partial charge >= 0.3 is 0 Å². The highest BCUT2D eigenvalue weighted by Gasteiger charge is 2.36. The zero-order valence-corrected chi connectivity index (χ0v) is 16.8. The van der Waals surface area contributed by atoms with E-state index in [9.17, 15) is 9.59 Å². The summed E-state index contributed by atoms with van der Waals surface area (Å²) in [5.74, 6) is 0.0702. The molecule has 0 bridgehead atoms. The number of hydrogen-bond donors (Lipinski definition) is 1. The highest BCUT2D eigenvalue weighted by molar-refractivity contribution is 6.07. The van der Waals surface area contributed by atoms with Crippen molar-refractivity contribution in [2.75, 3.05) is 26.2 Å². The zero-order chi connectivity index (χ0) is 19.8. The standard InChI is InChI=1S/C24H29N3O2/c28-23(25-19-12-14-26(16-19)20-10-11-20)18-7-4-13-27(15-18)24(29)22-9-3-6-17-5-1-2-8-21(17)22/h1-3,5-6,8-9,18-20H,4,7,10-16H2,(H,25,28). The normalized spacial score (nSPS) is 25.3. The molecule has 2 saturated heterocycles. The van der Waals surface area contributed by atoms with E-state index in [1.54, 1.807) is 0 Å². The average Bonchev–Trinajstić information content (AvgIpc) is 3.52. The van der Waals surface area contributed by atoms with Crippen molar-refractivity contribution in [1.29, 1.82) is 0 Å². The first kappa shape index (κ1) is 18.6. The van der Waals surface area contributed by atoms with E-state index in [1.165, 1.54) is 12.8 Å². The van der Waals surface area contributed by atoms with E-state index in [-0.39, 0.29) is 23.8 Å². The number of nitrogens with one attached hydrogen (secondary N) is 1. The molecular formula is C24H29N3O2. The van der Waals surface area contributed by atoms with Gasteiger partial charge in [-0.25, -0.2) is 0 Å². The monoisotopic (exact) mass is 391 g/mol. The SMILES string of the molecule is O=C(NC1CCN(C2CC2)C1)C1CCCN(C(=O)c2cccc3ccccc23)C1. The van der Waals surface area contributed by atoms with Crippen molar-refractivity contribution >= 4 is 22.6 Å². The molecule has 5 rings (SSSR count). The van der Waals surface area contributed by atoms with Gasteiger partial charge in [-0.15, -0.1) is 0 Å². The van der Waals surface area contributed by atoms with Crippen molar-refractivity contribution in [3.8, 4) is 0 Å². The van der Waals surface area contributed by atoms with Crippen LogP contribution in [0.15, 0.2) is 42.5 Å². The van der Waals surface area contributed by atoms with Gasteiger partial charge in [0.15, 0.2) is 0 Å². The van der Waals surface area contributed by atoms with Gasteiger partial charge in [0.25, 0.3) is 5.91 Å². The summed E-state index contributed by atoms with van der Waals surface area (Å²) >= 11 is 0. The molecule has 3 fully saturated rings. The minimum absolute atomic E-state index is 0.0417. The molecule has 2 atom stereocenters. The first-order valence-corrected chi connectivity index (χ1v) is 11.0. The number of hydrogen-bond acceptors (Lipinski definition) is 3. The Labute approximate surface area is 172 Å². The summed E-state index contributed by atoms with van der Waals surface area (Å²) in [6.07, 6.45) is 5.42. The van der Waals surface area contributed by atoms with Gasteiger partial charge in [-0.1, -0.05) is 36.4 Å². The van der Waals surface area contributed by atoms with Crippen molar-refractivity contribution in [2.24, 2.45) is 5.92 Å². The lowest BCUT2D eigenvalue weighted by molar-refractivity contribution is -0.127. The molecule has 2 aromatic carbocycles. The molecule has 152 valence electrons. The summed E-state index contributed by atoms with van der Waals surface area (Å²) < 4.78 is 0. The number of benzene rings is 2. The predicted octanol–water partition coefficient (Wildman–Crippen LogP) is 3.04. The van der Waals surface area contributed by atoms with Crippen LogP contribution in [0.3, 0.4) is 0 Å². The molecule has 0 aromatic heterocycles. The average molecular weight is 392 g/mol. The van der Waals surface area contributed by atoms with Crippen LogP contribution in [0.1, 0.15) is 42.5 Å². The number of nitrogens with zero attached hydrogens (tertiary/aromatic N) is 2. The summed E-state index contributed by atoms with van der Waals surface area (Å²) in [7, 11) is 0. The minimum atomic E-state index is -0.0994. The lowest BCUT2D eigenvalue weighted by atomic mass is 9.95. The molecule has 3 aliphatic rings. The van der Waals surface area contributed by atoms with Crippen LogP contribution in [0, 0.1) is 5.92 Å². The molecule has 2 aromatic rings. The summed E-state index contributed by atoms with van der Waals surface area (Å²) in [6.45, 7) is 3.34. The van der Waals surface area contributed by atoms with Crippen LogP contribution < -0.4 is 5.32 Å². The van der Waals surface area contributed by atoms with Crippen LogP contribution in [0.25, 0.3) is 10.8 Å². The van der Waals surface area contributed by atoms with Crippen LogP contribution in [0.5, 0.6) is 0 Å². The number of fused-ring (bicyclic) bond motifs is 1. The lowest BCUT2D eigenvalue weighted by Crippen LogP contribution is -2.48. The van der Waals surface area contributed by atoms with E-state index in [2.05, 4.69) is 10.2 Å². The second-order valence-corrected chi connectivity index (χ2v) is 8.84. The summed E-state index contributed by atoms with van der Waals surface area (Å²) in [6, 6.07) is 14.9. The molecule has 5 nitrogen and oxygen atoms in total. The number of rotatable bonds is 4. The molecule has 0 radical (unpaired) electrons. The van der Waals surface area contributed by atoms with Gasteiger partial charge in [-0.2, -0.15) is 0 Å². The summed E-state index contributed by atoms with van der Waals surface area (Å²) in [5, 5.41) is 5.33. The Kier molecular flexibility index (Phi) is 5.00. The first-order chi connectivity index (χ1) is 14.2. The Balaban J connectivity index is 1.24. The first-order valence-electron chi connectivity index (χ1n) is 11.0. The third-order valence-electron chi connectivity index (χ3n) is 6.73. The Morgan fingerprint density at radius 3 is 2.59 bits per heavy atom. The van der Waals surface area contributed by atoms with E-state index in [1.807, 2.05) is 47.4 Å². The molecule has 29 heavy (non-hydrogen) atoms. The number of likely N-dealkylation sites (tertiary alicyclic amines) is 2. The Morgan fingerprint density at radius 2 is 1.72 bits per heavy atom. The van der Waals surface area contributed by atoms with E-state index in [0.29, 0.717) is 6.54 Å². The van der Waals surface area contributed by atoms with Gasteiger partial charge in [0.1, 0.15) is 0 Å². The van der Waals surface area contributed by atoms with Gasteiger partial charge in [-0.3, -0.25) is 14.5 Å². The maximum absolute atomic E-state index is 13.2. The van der Waals surface area contributed by atoms with Crippen molar-refractivity contribution in [3.63, 3.8) is 0 Å². The molecule has 0 spiro atoms. The lowest BCUT2D eigenvalue weighted by Gasteiger charge is -2.33. The van der Waals surface area contributed by atoms with Crippen LogP contribution in [0.2, 0.25) is 0 Å². The molecular weight excluding hydrogens is 362 g/mol. The second kappa shape index (κ2) is 7.79. The molecule has 2 unspecified atom stereocenters. The number of carbonyl (C=O) groups excluding carboxylic acids is 2. The summed E-state index contributed by atoms with van der Waals surface area (Å²) in [5.41, 5.74) is 0.736. The quantitative estimate of drug-likeness (QED) is 0.872. The fourth-order valence-corrected chi connectivity index (χ4v) is 4.95. The third-order valence-corrected chi connectivity index (χ3v) is 6.73. The maximum Gasteiger partial charge on any atom is 0.254 e. The minimum Gasteiger partial charge on any atom is -0.352 e. The number of carbonyl (C=O) groups is 2. The van der Waals surface area contributed by atoms with Crippen molar-refractivity contribution in [1.82, 2.24) is 15.1 Å². The second-order valence-electron chi connectivity index (χ2n) is 8.84. The smallest absolute Gasteiger partial charge is 0.254 e. The third kappa shape index (κ3) is 3.88. The molecule has 2 amide bonds. The predicted molar refractivity (Wildman–Crippen MR) is 114 cm³/mol. The molecule has 2 aliphatic heterocycles. The highest BCUT2D eigenvalue weighted by atomic mass is 16.2. The summed E-state index contributed by atoms with van der Waals surface area (Å²) in [4.78, 5) is 30.5. The topological polar surface area (TPSA) is 52.7 Å². The van der Waals surface area contributed by atoms with E-state index in [0.717, 1.165) is 61.3 Å². The van der Waals surface area contributed by atoms with Gasteiger partial charge in [0, 0.05) is 43.8 Å². The van der Waals surface area contributed by atoms with Gasteiger partial charge in [0.2, 0.25) is 5.91 Å². The maximum atomic E-state index is 13.2. The highest BCUT2D eigenvalue weighted by Crippen LogP contribution is 2.30. The Bertz CT molecular complexity index is 918. The molecule has 1 aliphatic carbocycles. The van der Waals surface area contributed by atoms with E-state index < -0.39 is 0 Å². The van der Waals surface area contributed by atoms with E-state index in [4.69, 9.17) is 0 Å². The number of piperidine rings is 1. The molecule has 5 heteroatoms. The molecule has 1 saturated carbocycles. The van der Waals surface area contributed by atoms with Gasteiger partial charge in [-0.05, 0) is 48.9 Å². The van der Waals surface area contributed by atoms with Crippen LogP contribution in [-0.4, -0.2) is 59.9 Å². The van der Waals surface area contributed by atoms with Gasteiger partial charge < -0.3 is 10.2 Å². The van der Waals surface area contributed by atoms with Gasteiger partial charge in [0.05, 0.1) is 5.92 Å². The van der Waals surface area contributed by atoms with Crippen molar-refractivity contribution in [2.45, 2.75) is 44.2 Å². The Hall–Kier alpha value is -2.40. The fourth-order valence-electron chi connectivity index (χ4n) is 4.95. The van der Waals surface area contributed by atoms with Crippen molar-refractivity contribution in [3.05, 3.63) is 48.0 Å².